The van der Waals surface area contributed by atoms with Gasteiger partial charge in [0, 0.05) is 6.42 Å². The molecule has 0 aromatic heterocycles. The van der Waals surface area contributed by atoms with Gasteiger partial charge in [0.2, 0.25) is 0 Å². The molecule has 15 heavy (non-hydrogen) atoms. The molecule has 0 heteroatoms. The van der Waals surface area contributed by atoms with Gasteiger partial charge in [0.15, 0.2) is 0 Å². The zero-order chi connectivity index (χ0) is 10.9. The number of hydrogen-bond donors (Lipinski definition) is 0. The van der Waals surface area contributed by atoms with E-state index in [4.69, 9.17) is 0 Å². The molecule has 0 bridgehead atoms. The van der Waals surface area contributed by atoms with Crippen molar-refractivity contribution in [3.8, 4) is 11.8 Å². The molecule has 0 unspecified atom stereocenters. The second-order valence-corrected chi connectivity index (χ2v) is 4.26. The molecule has 1 aliphatic carbocycles. The molecule has 0 aromatic carbocycles. The van der Waals surface area contributed by atoms with Crippen LogP contribution in [0.2, 0.25) is 0 Å². The molecule has 0 aromatic rings. The molecular weight excluding hydrogens is 180 g/mol. The van der Waals surface area contributed by atoms with E-state index in [2.05, 4.69) is 37.8 Å². The third-order valence-electron chi connectivity index (χ3n) is 2.67. The molecule has 0 saturated carbocycles. The molecular formula is C15H22. The third kappa shape index (κ3) is 5.47. The smallest absolute Gasteiger partial charge is 0.00922 e. The Bertz CT molecular complexity index is 294. The molecule has 1 aliphatic rings. The highest BCUT2D eigenvalue weighted by Crippen LogP contribution is 2.19. The number of unbranched alkanes of at least 4 members (excludes halogenated alkanes) is 2. The lowest BCUT2D eigenvalue weighted by molar-refractivity contribution is 0.711. The summed E-state index contributed by atoms with van der Waals surface area (Å²) < 4.78 is 0. The Kier molecular flexibility index (Phi) is 5.93. The van der Waals surface area contributed by atoms with Crippen molar-refractivity contribution in [2.24, 2.45) is 0 Å². The Morgan fingerprint density at radius 2 is 2.33 bits per heavy atom. The van der Waals surface area contributed by atoms with E-state index < -0.39 is 0 Å². The van der Waals surface area contributed by atoms with Crippen molar-refractivity contribution in [2.75, 3.05) is 0 Å². The normalized spacial score (nSPS) is 16.7. The minimum Gasteiger partial charge on any atom is -0.0982 e. The summed E-state index contributed by atoms with van der Waals surface area (Å²) in [7, 11) is 0. The van der Waals surface area contributed by atoms with Crippen molar-refractivity contribution in [3.05, 3.63) is 23.3 Å². The summed E-state index contributed by atoms with van der Waals surface area (Å²) in [6.07, 6.45) is 13.3. The molecule has 0 nitrogen and oxygen atoms in total. The molecule has 82 valence electrons. The van der Waals surface area contributed by atoms with Crippen molar-refractivity contribution < 1.29 is 0 Å². The number of hydrogen-bond acceptors (Lipinski definition) is 0. The van der Waals surface area contributed by atoms with E-state index in [9.17, 15) is 0 Å². The lowest BCUT2D eigenvalue weighted by atomic mass is 9.98. The van der Waals surface area contributed by atoms with Crippen LogP contribution in [0, 0.1) is 11.8 Å². The summed E-state index contributed by atoms with van der Waals surface area (Å²) in [5.41, 5.74) is 2.71. The Balaban J connectivity index is 2.42. The van der Waals surface area contributed by atoms with Gasteiger partial charge in [0.1, 0.15) is 0 Å². The highest BCUT2D eigenvalue weighted by Gasteiger charge is 1.99. The van der Waals surface area contributed by atoms with Gasteiger partial charge in [0.05, 0.1) is 0 Å². The predicted molar refractivity (Wildman–Crippen MR) is 67.6 cm³/mol. The standard InChI is InChI=1S/C15H22/c1-3-4-5-7-10-14(2)13-15-11-8-6-9-12-15/h11,13H,3-6,8-9,12H2,1-2H3/b14-13+. The Labute approximate surface area is 94.5 Å². The van der Waals surface area contributed by atoms with Gasteiger partial charge in [-0.05, 0) is 50.7 Å². The van der Waals surface area contributed by atoms with Crippen LogP contribution in [0.3, 0.4) is 0 Å². The third-order valence-corrected chi connectivity index (χ3v) is 2.67. The van der Waals surface area contributed by atoms with Gasteiger partial charge < -0.3 is 0 Å². The van der Waals surface area contributed by atoms with Gasteiger partial charge in [-0.1, -0.05) is 36.8 Å². The molecule has 0 aliphatic heterocycles. The summed E-state index contributed by atoms with van der Waals surface area (Å²) in [6, 6.07) is 0. The summed E-state index contributed by atoms with van der Waals surface area (Å²) in [5.74, 6) is 6.47. The van der Waals surface area contributed by atoms with Crippen molar-refractivity contribution in [2.45, 2.75) is 58.8 Å². The second kappa shape index (κ2) is 7.35. The van der Waals surface area contributed by atoms with Crippen LogP contribution in [-0.4, -0.2) is 0 Å². The molecule has 0 fully saturated rings. The predicted octanol–water partition coefficient (Wildman–Crippen LogP) is 4.63. The first-order valence-electron chi connectivity index (χ1n) is 6.19. The van der Waals surface area contributed by atoms with Crippen molar-refractivity contribution in [1.29, 1.82) is 0 Å². The maximum atomic E-state index is 3.23. The average molecular weight is 202 g/mol. The summed E-state index contributed by atoms with van der Waals surface area (Å²) >= 11 is 0. The molecule has 0 radical (unpaired) electrons. The van der Waals surface area contributed by atoms with Gasteiger partial charge in [-0.15, -0.1) is 0 Å². The van der Waals surface area contributed by atoms with Gasteiger partial charge >= 0.3 is 0 Å². The quantitative estimate of drug-likeness (QED) is 0.462. The Morgan fingerprint density at radius 3 is 3.00 bits per heavy atom. The minimum atomic E-state index is 1.04. The average Bonchev–Trinajstić information content (AvgIpc) is 2.26. The van der Waals surface area contributed by atoms with Crippen LogP contribution in [0.4, 0.5) is 0 Å². The van der Waals surface area contributed by atoms with Crippen LogP contribution in [0.1, 0.15) is 58.8 Å². The van der Waals surface area contributed by atoms with Crippen molar-refractivity contribution in [3.63, 3.8) is 0 Å². The van der Waals surface area contributed by atoms with Crippen molar-refractivity contribution in [1.82, 2.24) is 0 Å². The first-order valence-corrected chi connectivity index (χ1v) is 6.19. The molecule has 0 heterocycles. The van der Waals surface area contributed by atoms with E-state index >= 15 is 0 Å². The van der Waals surface area contributed by atoms with E-state index in [-0.39, 0.29) is 0 Å². The molecule has 0 saturated heterocycles. The van der Waals surface area contributed by atoms with Gasteiger partial charge in [0.25, 0.3) is 0 Å². The Hall–Kier alpha value is -0.960. The molecule has 0 amide bonds. The maximum Gasteiger partial charge on any atom is 0.00922 e. The zero-order valence-electron chi connectivity index (χ0n) is 10.1. The maximum absolute atomic E-state index is 3.23. The van der Waals surface area contributed by atoms with Crippen LogP contribution in [0.15, 0.2) is 23.3 Å². The fourth-order valence-corrected chi connectivity index (χ4v) is 1.78. The van der Waals surface area contributed by atoms with Crippen LogP contribution in [0.5, 0.6) is 0 Å². The second-order valence-electron chi connectivity index (χ2n) is 4.26. The minimum absolute atomic E-state index is 1.04. The molecule has 0 atom stereocenters. The molecule has 0 spiro atoms. The number of allylic oxidation sites excluding steroid dienone is 4. The van der Waals surface area contributed by atoms with Crippen LogP contribution in [0.25, 0.3) is 0 Å². The summed E-state index contributed by atoms with van der Waals surface area (Å²) in [4.78, 5) is 0. The molecule has 1 rings (SSSR count). The van der Waals surface area contributed by atoms with Crippen LogP contribution < -0.4 is 0 Å². The van der Waals surface area contributed by atoms with Crippen LogP contribution >= 0.6 is 0 Å². The fourth-order valence-electron chi connectivity index (χ4n) is 1.78. The first kappa shape index (κ1) is 12.1. The highest BCUT2D eigenvalue weighted by atomic mass is 14.1. The highest BCUT2D eigenvalue weighted by molar-refractivity contribution is 5.34. The van der Waals surface area contributed by atoms with Gasteiger partial charge in [-0.25, -0.2) is 0 Å². The summed E-state index contributed by atoms with van der Waals surface area (Å²) in [5, 5.41) is 0. The summed E-state index contributed by atoms with van der Waals surface area (Å²) in [6.45, 7) is 4.33. The fraction of sp³-hybridized carbons (Fsp3) is 0.600. The largest absolute Gasteiger partial charge is 0.0982 e. The monoisotopic (exact) mass is 202 g/mol. The number of rotatable bonds is 3. The Morgan fingerprint density at radius 1 is 1.47 bits per heavy atom. The lowest BCUT2D eigenvalue weighted by Gasteiger charge is -2.08. The van der Waals surface area contributed by atoms with E-state index in [1.54, 1.807) is 0 Å². The van der Waals surface area contributed by atoms with E-state index in [1.165, 1.54) is 49.7 Å². The van der Waals surface area contributed by atoms with Crippen molar-refractivity contribution >= 4 is 0 Å². The topological polar surface area (TPSA) is 0 Å². The van der Waals surface area contributed by atoms with Gasteiger partial charge in [-0.2, -0.15) is 0 Å². The van der Waals surface area contributed by atoms with E-state index in [0.29, 0.717) is 0 Å². The molecule has 0 N–H and O–H groups in total. The van der Waals surface area contributed by atoms with E-state index in [0.717, 1.165) is 6.42 Å². The first-order chi connectivity index (χ1) is 7.33. The zero-order valence-corrected chi connectivity index (χ0v) is 10.1. The van der Waals surface area contributed by atoms with Crippen LogP contribution in [-0.2, 0) is 0 Å². The van der Waals surface area contributed by atoms with Gasteiger partial charge in [-0.3, -0.25) is 0 Å². The SMILES string of the molecule is CCCCC#C/C(C)=C/C1=CCCCC1. The van der Waals surface area contributed by atoms with E-state index in [1.807, 2.05) is 0 Å². The lowest BCUT2D eigenvalue weighted by Crippen LogP contribution is -1.89.